The molecule has 2 aliphatic heterocycles. The summed E-state index contributed by atoms with van der Waals surface area (Å²) in [6.45, 7) is 2.72. The molecule has 1 fully saturated rings. The summed E-state index contributed by atoms with van der Waals surface area (Å²) in [5.41, 5.74) is 1.95. The molecular weight excluding hydrogens is 398 g/mol. The maximum atomic E-state index is 12.8. The van der Waals surface area contributed by atoms with Crippen LogP contribution in [0.1, 0.15) is 34.7 Å². The Labute approximate surface area is 180 Å². The van der Waals surface area contributed by atoms with Crippen LogP contribution in [0.25, 0.3) is 10.8 Å². The van der Waals surface area contributed by atoms with E-state index in [2.05, 4.69) is 11.0 Å². The lowest BCUT2D eigenvalue weighted by molar-refractivity contribution is 0.0969. The number of hydrogen-bond donors (Lipinski definition) is 0. The maximum absolute atomic E-state index is 12.8. The van der Waals surface area contributed by atoms with E-state index in [0.29, 0.717) is 23.8 Å². The van der Waals surface area contributed by atoms with Crippen LogP contribution in [0.2, 0.25) is 5.02 Å². The van der Waals surface area contributed by atoms with Crippen molar-refractivity contribution >= 4 is 28.2 Å². The number of halogens is 1. The van der Waals surface area contributed by atoms with Crippen molar-refractivity contribution in [3.63, 3.8) is 0 Å². The van der Waals surface area contributed by atoms with Gasteiger partial charge < -0.3 is 14.4 Å². The van der Waals surface area contributed by atoms with Gasteiger partial charge in [-0.15, -0.1) is 0 Å². The van der Waals surface area contributed by atoms with Crippen molar-refractivity contribution in [1.82, 2.24) is 4.90 Å². The molecule has 0 amide bonds. The predicted molar refractivity (Wildman–Crippen MR) is 119 cm³/mol. The second-order valence-corrected chi connectivity index (χ2v) is 8.26. The highest BCUT2D eigenvalue weighted by molar-refractivity contribution is 6.31. The molecule has 5 rings (SSSR count). The number of carbonyl (C=O) groups excluding carboxylic acids is 1. The molecule has 3 aromatic rings. The van der Waals surface area contributed by atoms with Gasteiger partial charge in [-0.1, -0.05) is 41.9 Å². The highest BCUT2D eigenvalue weighted by Crippen LogP contribution is 2.35. The van der Waals surface area contributed by atoms with E-state index in [1.807, 2.05) is 48.5 Å². The quantitative estimate of drug-likeness (QED) is 0.490. The summed E-state index contributed by atoms with van der Waals surface area (Å²) in [5.74, 6) is 1.95. The number of hydrogen-bond acceptors (Lipinski definition) is 4. The summed E-state index contributed by atoms with van der Waals surface area (Å²) in [7, 11) is 0. The average molecular weight is 420 g/mol. The first kappa shape index (κ1) is 19.2. The van der Waals surface area contributed by atoms with Crippen molar-refractivity contribution in [2.45, 2.75) is 18.8 Å². The summed E-state index contributed by atoms with van der Waals surface area (Å²) in [4.78, 5) is 15.2. The van der Waals surface area contributed by atoms with Gasteiger partial charge in [0, 0.05) is 30.1 Å². The zero-order valence-electron chi connectivity index (χ0n) is 16.5. The van der Waals surface area contributed by atoms with Gasteiger partial charge in [0.2, 0.25) is 0 Å². The van der Waals surface area contributed by atoms with Crippen molar-refractivity contribution in [2.24, 2.45) is 0 Å². The number of ketones is 1. The van der Waals surface area contributed by atoms with Crippen LogP contribution in [0.3, 0.4) is 0 Å². The van der Waals surface area contributed by atoms with E-state index in [4.69, 9.17) is 21.1 Å². The molecule has 5 heteroatoms. The van der Waals surface area contributed by atoms with Crippen LogP contribution in [0, 0.1) is 0 Å². The van der Waals surface area contributed by atoms with Gasteiger partial charge in [0.05, 0.1) is 0 Å². The second-order valence-electron chi connectivity index (χ2n) is 7.85. The fourth-order valence-corrected chi connectivity index (χ4v) is 4.61. The summed E-state index contributed by atoms with van der Waals surface area (Å²) in [5, 5.41) is 2.83. The Hall–Kier alpha value is -2.82. The Balaban J connectivity index is 1.24. The minimum absolute atomic E-state index is 0.160. The van der Waals surface area contributed by atoms with Gasteiger partial charge in [-0.05, 0) is 59.5 Å². The van der Waals surface area contributed by atoms with Gasteiger partial charge in [-0.2, -0.15) is 0 Å². The third kappa shape index (κ3) is 3.81. The average Bonchev–Trinajstić information content (AvgIpc) is 3.24. The van der Waals surface area contributed by atoms with Crippen molar-refractivity contribution in [2.75, 3.05) is 19.6 Å². The molecule has 1 unspecified atom stereocenters. The zero-order chi connectivity index (χ0) is 20.5. The van der Waals surface area contributed by atoms with E-state index in [1.165, 1.54) is 18.1 Å². The molecule has 3 aromatic carbocycles. The molecule has 0 bridgehead atoms. The standard InChI is InChI=1S/C25H22ClNO3/c26-22-4-2-1-3-21(22)19-7-9-27(16-19)10-8-23(28)18-6-5-17-14-24-25(15-20(17)13-18)30-12-11-29-24/h1-6,11-15,19H,7-10,16H2. The topological polar surface area (TPSA) is 38.8 Å². The molecule has 152 valence electrons. The van der Waals surface area contributed by atoms with Gasteiger partial charge in [-0.3, -0.25) is 4.79 Å². The smallest absolute Gasteiger partial charge is 0.169 e. The third-order valence-corrected chi connectivity index (χ3v) is 6.29. The first-order valence-corrected chi connectivity index (χ1v) is 10.6. The molecule has 1 saturated heterocycles. The number of rotatable bonds is 5. The van der Waals surface area contributed by atoms with Crippen LogP contribution in [0.5, 0.6) is 11.5 Å². The lowest BCUT2D eigenvalue weighted by Crippen LogP contribution is -2.23. The monoisotopic (exact) mass is 419 g/mol. The van der Waals surface area contributed by atoms with Gasteiger partial charge in [0.1, 0.15) is 12.5 Å². The van der Waals surface area contributed by atoms with Gasteiger partial charge in [-0.25, -0.2) is 0 Å². The minimum atomic E-state index is 0.160. The van der Waals surface area contributed by atoms with Crippen LogP contribution in [-0.4, -0.2) is 30.3 Å². The van der Waals surface area contributed by atoms with Gasteiger partial charge in [0.25, 0.3) is 0 Å². The maximum Gasteiger partial charge on any atom is 0.169 e. The summed E-state index contributed by atoms with van der Waals surface area (Å²) in [6.07, 6.45) is 4.61. The zero-order valence-corrected chi connectivity index (χ0v) is 17.3. The Morgan fingerprint density at radius 3 is 2.57 bits per heavy atom. The molecule has 1 atom stereocenters. The molecule has 0 aliphatic carbocycles. The number of ether oxygens (including phenoxy) is 2. The van der Waals surface area contributed by atoms with E-state index in [0.717, 1.165) is 47.4 Å². The van der Waals surface area contributed by atoms with E-state index in [9.17, 15) is 4.79 Å². The fraction of sp³-hybridized carbons (Fsp3) is 0.240. The molecule has 0 N–H and O–H groups in total. The number of likely N-dealkylation sites (tertiary alicyclic amines) is 1. The Morgan fingerprint density at radius 1 is 1.00 bits per heavy atom. The second kappa shape index (κ2) is 8.13. The van der Waals surface area contributed by atoms with Crippen molar-refractivity contribution in [3.05, 3.63) is 83.3 Å². The molecule has 0 saturated carbocycles. The van der Waals surface area contributed by atoms with Gasteiger partial charge in [0.15, 0.2) is 17.3 Å². The fourth-order valence-electron chi connectivity index (χ4n) is 4.32. The molecule has 0 aromatic heterocycles. The van der Waals surface area contributed by atoms with E-state index < -0.39 is 0 Å². The molecule has 30 heavy (non-hydrogen) atoms. The third-order valence-electron chi connectivity index (χ3n) is 5.94. The molecule has 2 aliphatic rings. The Bertz CT molecular complexity index is 1140. The molecular formula is C25H22ClNO3. The number of carbonyl (C=O) groups is 1. The largest absolute Gasteiger partial charge is 0.458 e. The van der Waals surface area contributed by atoms with Crippen LogP contribution < -0.4 is 9.47 Å². The first-order chi connectivity index (χ1) is 14.7. The van der Waals surface area contributed by atoms with Crippen molar-refractivity contribution < 1.29 is 14.3 Å². The van der Waals surface area contributed by atoms with Crippen molar-refractivity contribution in [3.8, 4) is 11.5 Å². The number of benzene rings is 3. The number of fused-ring (bicyclic) bond motifs is 2. The Morgan fingerprint density at radius 2 is 1.77 bits per heavy atom. The SMILES string of the molecule is O=C(CCN1CCC(c2ccccc2Cl)C1)c1ccc2cc3c(cc2c1)OC=CO3. The lowest BCUT2D eigenvalue weighted by Gasteiger charge is -2.16. The predicted octanol–water partition coefficient (Wildman–Crippen LogP) is 5.80. The minimum Gasteiger partial charge on any atom is -0.458 e. The summed E-state index contributed by atoms with van der Waals surface area (Å²) >= 11 is 6.36. The van der Waals surface area contributed by atoms with E-state index in [-0.39, 0.29) is 5.78 Å². The van der Waals surface area contributed by atoms with E-state index >= 15 is 0 Å². The lowest BCUT2D eigenvalue weighted by atomic mass is 9.98. The highest BCUT2D eigenvalue weighted by atomic mass is 35.5. The van der Waals surface area contributed by atoms with Crippen molar-refractivity contribution in [1.29, 1.82) is 0 Å². The molecule has 0 spiro atoms. The molecule has 2 heterocycles. The number of Topliss-reactive ketones (excluding diaryl/α,β-unsaturated/α-hetero) is 1. The van der Waals surface area contributed by atoms with Crippen LogP contribution in [-0.2, 0) is 0 Å². The van der Waals surface area contributed by atoms with Crippen LogP contribution in [0.4, 0.5) is 0 Å². The summed E-state index contributed by atoms with van der Waals surface area (Å²) < 4.78 is 11.0. The molecule has 4 nitrogen and oxygen atoms in total. The Kier molecular flexibility index (Phi) is 5.19. The summed E-state index contributed by atoms with van der Waals surface area (Å²) in [6, 6.07) is 17.7. The number of nitrogens with zero attached hydrogens (tertiary/aromatic N) is 1. The highest BCUT2D eigenvalue weighted by Gasteiger charge is 2.25. The first-order valence-electron chi connectivity index (χ1n) is 10.2. The van der Waals surface area contributed by atoms with Crippen LogP contribution in [0.15, 0.2) is 67.1 Å². The van der Waals surface area contributed by atoms with Crippen LogP contribution >= 0.6 is 11.6 Å². The normalized spacial score (nSPS) is 18.1. The molecule has 0 radical (unpaired) electrons. The van der Waals surface area contributed by atoms with E-state index in [1.54, 1.807) is 0 Å². The van der Waals surface area contributed by atoms with Gasteiger partial charge >= 0.3 is 0 Å².